The summed E-state index contributed by atoms with van der Waals surface area (Å²) < 4.78 is 3.75. The molecule has 0 unspecified atom stereocenters. The molecule has 7 heteroatoms. The van der Waals surface area contributed by atoms with Crippen molar-refractivity contribution in [3.63, 3.8) is 0 Å². The highest BCUT2D eigenvalue weighted by Crippen LogP contribution is 2.17. The minimum absolute atomic E-state index is 0.0192. The maximum Gasteiger partial charge on any atom is 0.250 e. The second-order valence-corrected chi connectivity index (χ2v) is 5.40. The lowest BCUT2D eigenvalue weighted by Crippen LogP contribution is -2.18. The normalized spacial score (nSPS) is 10.9. The maximum atomic E-state index is 11.6. The molecule has 0 saturated heterocycles. The Morgan fingerprint density at radius 2 is 2.15 bits per heavy atom. The predicted octanol–water partition coefficient (Wildman–Crippen LogP) is 1.10. The molecular weight excluding hydrogens is 274 g/mol. The molecule has 0 bridgehead atoms. The van der Waals surface area contributed by atoms with Crippen LogP contribution in [0.1, 0.15) is 19.2 Å². The summed E-state index contributed by atoms with van der Waals surface area (Å²) in [7, 11) is 0. The van der Waals surface area contributed by atoms with Crippen molar-refractivity contribution < 1.29 is 0 Å². The van der Waals surface area contributed by atoms with Gasteiger partial charge >= 0.3 is 0 Å². The highest BCUT2D eigenvalue weighted by atomic mass is 32.2. The first-order valence-electron chi connectivity index (χ1n) is 6.66. The lowest BCUT2D eigenvalue weighted by Gasteiger charge is -2.08. The van der Waals surface area contributed by atoms with Gasteiger partial charge in [0.25, 0.3) is 5.56 Å². The van der Waals surface area contributed by atoms with Crippen LogP contribution in [0.2, 0.25) is 0 Å². The van der Waals surface area contributed by atoms with Crippen LogP contribution in [0.15, 0.2) is 34.3 Å². The zero-order valence-corrected chi connectivity index (χ0v) is 12.3. The Morgan fingerprint density at radius 3 is 2.85 bits per heavy atom. The summed E-state index contributed by atoms with van der Waals surface area (Å²) in [5, 5.41) is 9.13. The molecule has 108 valence electrons. The quantitative estimate of drug-likeness (QED) is 0.773. The van der Waals surface area contributed by atoms with Crippen LogP contribution in [0.3, 0.4) is 0 Å². The number of hydrogen-bond acceptors (Lipinski definition) is 5. The van der Waals surface area contributed by atoms with E-state index in [-0.39, 0.29) is 5.56 Å². The molecule has 2 aromatic rings. The van der Waals surface area contributed by atoms with Gasteiger partial charge in [-0.25, -0.2) is 0 Å². The Morgan fingerprint density at radius 1 is 1.30 bits per heavy atom. The summed E-state index contributed by atoms with van der Waals surface area (Å²) >= 11 is 1.60. The van der Waals surface area contributed by atoms with Gasteiger partial charge in [0.1, 0.15) is 5.82 Å². The predicted molar refractivity (Wildman–Crippen MR) is 79.6 cm³/mol. The Balaban J connectivity index is 1.99. The van der Waals surface area contributed by atoms with E-state index in [1.807, 2.05) is 6.07 Å². The zero-order chi connectivity index (χ0) is 14.4. The Kier molecular flexibility index (Phi) is 5.37. The van der Waals surface area contributed by atoms with Crippen molar-refractivity contribution in [2.75, 3.05) is 5.75 Å². The minimum Gasteiger partial charge on any atom is -0.324 e. The SMILES string of the molecule is CCCn1c(CN)nnc1SCCn1ccccc1=O. The van der Waals surface area contributed by atoms with Gasteiger partial charge in [-0.2, -0.15) is 0 Å². The maximum absolute atomic E-state index is 11.6. The molecule has 0 fully saturated rings. The van der Waals surface area contributed by atoms with Crippen LogP contribution in [0.25, 0.3) is 0 Å². The van der Waals surface area contributed by atoms with Gasteiger partial charge in [0.2, 0.25) is 0 Å². The summed E-state index contributed by atoms with van der Waals surface area (Å²) in [4.78, 5) is 11.6. The van der Waals surface area contributed by atoms with E-state index >= 15 is 0 Å². The van der Waals surface area contributed by atoms with E-state index in [1.54, 1.807) is 34.7 Å². The molecule has 2 aromatic heterocycles. The molecule has 0 atom stereocenters. The smallest absolute Gasteiger partial charge is 0.250 e. The van der Waals surface area contributed by atoms with E-state index in [0.717, 1.165) is 29.7 Å². The molecule has 6 nitrogen and oxygen atoms in total. The van der Waals surface area contributed by atoms with Crippen LogP contribution in [0.5, 0.6) is 0 Å². The van der Waals surface area contributed by atoms with E-state index < -0.39 is 0 Å². The number of aromatic nitrogens is 4. The van der Waals surface area contributed by atoms with Crippen molar-refractivity contribution >= 4 is 11.8 Å². The molecular formula is C13H19N5OS. The minimum atomic E-state index is 0.0192. The van der Waals surface area contributed by atoms with Crippen LogP contribution in [0.4, 0.5) is 0 Å². The van der Waals surface area contributed by atoms with Crippen molar-refractivity contribution in [2.45, 2.75) is 38.1 Å². The molecule has 0 spiro atoms. The lowest BCUT2D eigenvalue weighted by molar-refractivity contribution is 0.591. The number of pyridine rings is 1. The van der Waals surface area contributed by atoms with Gasteiger partial charge in [0.15, 0.2) is 5.16 Å². The molecule has 0 aliphatic carbocycles. The number of thioether (sulfide) groups is 1. The average Bonchev–Trinajstić information content (AvgIpc) is 2.84. The Labute approximate surface area is 122 Å². The highest BCUT2D eigenvalue weighted by Gasteiger charge is 2.10. The Bertz CT molecular complexity index is 607. The van der Waals surface area contributed by atoms with Gasteiger partial charge < -0.3 is 14.9 Å². The first-order chi connectivity index (χ1) is 9.76. The first-order valence-corrected chi connectivity index (χ1v) is 7.65. The van der Waals surface area contributed by atoms with E-state index in [1.165, 1.54) is 0 Å². The molecule has 0 saturated carbocycles. The highest BCUT2D eigenvalue weighted by molar-refractivity contribution is 7.99. The number of rotatable bonds is 7. The second-order valence-electron chi connectivity index (χ2n) is 4.34. The van der Waals surface area contributed by atoms with Crippen LogP contribution in [-0.4, -0.2) is 25.1 Å². The average molecular weight is 293 g/mol. The van der Waals surface area contributed by atoms with Gasteiger partial charge in [-0.05, 0) is 12.5 Å². The first kappa shape index (κ1) is 14.8. The van der Waals surface area contributed by atoms with Gasteiger partial charge in [-0.15, -0.1) is 10.2 Å². The standard InChI is InChI=1S/C13H19N5OS/c1-2-6-18-11(10-14)15-16-13(18)20-9-8-17-7-4-3-5-12(17)19/h3-5,7H,2,6,8-10,14H2,1H3. The third-order valence-corrected chi connectivity index (χ3v) is 3.83. The lowest BCUT2D eigenvalue weighted by atomic mass is 10.4. The van der Waals surface area contributed by atoms with Gasteiger partial charge in [-0.3, -0.25) is 4.79 Å². The fourth-order valence-electron chi connectivity index (χ4n) is 1.91. The summed E-state index contributed by atoms with van der Waals surface area (Å²) in [5.74, 6) is 1.59. The van der Waals surface area contributed by atoms with Gasteiger partial charge in [0.05, 0.1) is 6.54 Å². The molecule has 2 heterocycles. The molecule has 0 aliphatic heterocycles. The number of aryl methyl sites for hydroxylation is 1. The van der Waals surface area contributed by atoms with Crippen LogP contribution in [-0.2, 0) is 19.6 Å². The number of nitrogens with two attached hydrogens (primary N) is 1. The molecule has 2 N–H and O–H groups in total. The third-order valence-electron chi connectivity index (χ3n) is 2.89. The third kappa shape index (κ3) is 3.49. The van der Waals surface area contributed by atoms with Gasteiger partial charge in [-0.1, -0.05) is 24.8 Å². The molecule has 2 rings (SSSR count). The summed E-state index contributed by atoms with van der Waals surface area (Å²) in [5.41, 5.74) is 5.68. The molecule has 0 amide bonds. The molecule has 0 radical (unpaired) electrons. The van der Waals surface area contributed by atoms with Crippen LogP contribution < -0.4 is 11.3 Å². The van der Waals surface area contributed by atoms with E-state index in [0.29, 0.717) is 13.1 Å². The number of nitrogens with zero attached hydrogens (tertiary/aromatic N) is 4. The zero-order valence-electron chi connectivity index (χ0n) is 11.5. The van der Waals surface area contributed by atoms with Crippen molar-refractivity contribution in [3.8, 4) is 0 Å². The van der Waals surface area contributed by atoms with Crippen molar-refractivity contribution in [1.82, 2.24) is 19.3 Å². The molecule has 0 aromatic carbocycles. The summed E-state index contributed by atoms with van der Waals surface area (Å²) in [6.07, 6.45) is 2.81. The van der Waals surface area contributed by atoms with Crippen molar-refractivity contribution in [1.29, 1.82) is 0 Å². The van der Waals surface area contributed by atoms with Crippen molar-refractivity contribution in [2.24, 2.45) is 5.73 Å². The number of hydrogen-bond donors (Lipinski definition) is 1. The van der Waals surface area contributed by atoms with E-state index in [2.05, 4.69) is 21.7 Å². The largest absolute Gasteiger partial charge is 0.324 e. The monoisotopic (exact) mass is 293 g/mol. The van der Waals surface area contributed by atoms with Crippen molar-refractivity contribution in [3.05, 3.63) is 40.6 Å². The fraction of sp³-hybridized carbons (Fsp3) is 0.462. The van der Waals surface area contributed by atoms with Gasteiger partial charge in [0, 0.05) is 31.1 Å². The molecule has 0 aliphatic rings. The second kappa shape index (κ2) is 7.25. The van der Waals surface area contributed by atoms with Crippen LogP contribution in [0, 0.1) is 0 Å². The summed E-state index contributed by atoms with van der Waals surface area (Å²) in [6.45, 7) is 4.03. The Hall–Kier alpha value is -1.60. The van der Waals surface area contributed by atoms with E-state index in [9.17, 15) is 4.79 Å². The molecule has 20 heavy (non-hydrogen) atoms. The van der Waals surface area contributed by atoms with Crippen LogP contribution >= 0.6 is 11.8 Å². The topological polar surface area (TPSA) is 78.7 Å². The summed E-state index contributed by atoms with van der Waals surface area (Å²) in [6, 6.07) is 5.17. The fourth-order valence-corrected chi connectivity index (χ4v) is 2.83. The van der Waals surface area contributed by atoms with E-state index in [4.69, 9.17) is 5.73 Å².